The van der Waals surface area contributed by atoms with Gasteiger partial charge in [-0.1, -0.05) is 74.4 Å². The third kappa shape index (κ3) is 6.48. The van der Waals surface area contributed by atoms with Gasteiger partial charge in [-0.3, -0.25) is 4.79 Å². The van der Waals surface area contributed by atoms with E-state index in [1.807, 2.05) is 42.5 Å². The monoisotopic (exact) mass is 546 g/mol. The predicted octanol–water partition coefficient (Wildman–Crippen LogP) is 3.44. The van der Waals surface area contributed by atoms with Crippen molar-refractivity contribution in [3.05, 3.63) is 121 Å². The SMILES string of the molecule is CCCCCOc1ccc(C(=O)C[P+](c2ccccc2)(c2ccccc2)c2ccccc2)cc1.[Br-]. The molecule has 0 amide bonds. The van der Waals surface area contributed by atoms with Gasteiger partial charge in [-0.2, -0.15) is 0 Å². The molecule has 180 valence electrons. The molecule has 4 aromatic rings. The second kappa shape index (κ2) is 13.4. The van der Waals surface area contributed by atoms with E-state index >= 15 is 0 Å². The molecule has 0 unspecified atom stereocenters. The first-order valence-electron chi connectivity index (χ1n) is 12.0. The number of benzene rings is 4. The van der Waals surface area contributed by atoms with Crippen LogP contribution in [0.3, 0.4) is 0 Å². The summed E-state index contributed by atoms with van der Waals surface area (Å²) in [4.78, 5) is 13.8. The van der Waals surface area contributed by atoms with Crippen LogP contribution in [-0.4, -0.2) is 18.6 Å². The fraction of sp³-hybridized carbons (Fsp3) is 0.194. The van der Waals surface area contributed by atoms with Gasteiger partial charge in [0.2, 0.25) is 5.78 Å². The number of halogens is 1. The number of carbonyl (C=O) groups is 1. The van der Waals surface area contributed by atoms with E-state index in [1.165, 1.54) is 28.8 Å². The molecule has 4 aromatic carbocycles. The third-order valence-corrected chi connectivity index (χ3v) is 10.5. The molecule has 0 saturated carbocycles. The number of ketones is 1. The minimum atomic E-state index is -2.19. The summed E-state index contributed by atoms with van der Waals surface area (Å²) in [6.07, 6.45) is 3.84. The molecule has 0 aliphatic rings. The van der Waals surface area contributed by atoms with Gasteiger partial charge in [-0.05, 0) is 67.1 Å². The smallest absolute Gasteiger partial charge is 0.201 e. The van der Waals surface area contributed by atoms with Crippen LogP contribution in [0.15, 0.2) is 115 Å². The van der Waals surface area contributed by atoms with Gasteiger partial charge in [0.25, 0.3) is 0 Å². The van der Waals surface area contributed by atoms with E-state index in [9.17, 15) is 4.79 Å². The molecule has 4 heteroatoms. The first-order chi connectivity index (χ1) is 16.7. The first kappa shape index (κ1) is 26.9. The Morgan fingerprint density at radius 2 is 1.11 bits per heavy atom. The Bertz CT molecular complexity index is 1070. The number of hydrogen-bond donors (Lipinski definition) is 0. The average molecular weight is 547 g/mol. The molecule has 0 aromatic heterocycles. The van der Waals surface area contributed by atoms with Crippen molar-refractivity contribution in [2.45, 2.75) is 26.2 Å². The lowest BCUT2D eigenvalue weighted by molar-refractivity contribution is -0.0000150. The normalized spacial score (nSPS) is 10.9. The summed E-state index contributed by atoms with van der Waals surface area (Å²) in [5.74, 6) is 0.977. The van der Waals surface area contributed by atoms with E-state index in [2.05, 4.69) is 79.7 Å². The van der Waals surface area contributed by atoms with Crippen molar-refractivity contribution in [1.29, 1.82) is 0 Å². The highest BCUT2D eigenvalue weighted by Crippen LogP contribution is 2.55. The summed E-state index contributed by atoms with van der Waals surface area (Å²) in [7, 11) is -2.19. The average Bonchev–Trinajstić information content (AvgIpc) is 2.91. The molecule has 0 aliphatic heterocycles. The summed E-state index contributed by atoms with van der Waals surface area (Å²) in [6.45, 7) is 2.90. The molecule has 0 aliphatic carbocycles. The number of carbonyl (C=O) groups excluding carboxylic acids is 1. The predicted molar refractivity (Wildman–Crippen MR) is 146 cm³/mol. The van der Waals surface area contributed by atoms with Crippen LogP contribution in [0.1, 0.15) is 36.5 Å². The molecule has 0 spiro atoms. The van der Waals surface area contributed by atoms with Gasteiger partial charge in [0.15, 0.2) is 0 Å². The molecule has 0 heterocycles. The van der Waals surface area contributed by atoms with Crippen LogP contribution >= 0.6 is 7.26 Å². The number of unbranched alkanes of at least 4 members (excludes halogenated alkanes) is 2. The van der Waals surface area contributed by atoms with Crippen molar-refractivity contribution >= 4 is 29.0 Å². The molecule has 0 fully saturated rings. The third-order valence-electron chi connectivity index (χ3n) is 6.16. The number of Topliss-reactive ketones (excluding diaryl/α,β-unsaturated/α-hetero) is 1. The molecule has 0 N–H and O–H groups in total. The van der Waals surface area contributed by atoms with E-state index < -0.39 is 7.26 Å². The van der Waals surface area contributed by atoms with Crippen molar-refractivity contribution in [1.82, 2.24) is 0 Å². The largest absolute Gasteiger partial charge is 1.00 e. The first-order valence-corrected chi connectivity index (χ1v) is 14.0. The van der Waals surface area contributed by atoms with Gasteiger partial charge in [-0.25, -0.2) is 0 Å². The quantitative estimate of drug-likeness (QED) is 0.164. The van der Waals surface area contributed by atoms with Crippen LogP contribution < -0.4 is 37.6 Å². The van der Waals surface area contributed by atoms with E-state index in [1.54, 1.807) is 0 Å². The van der Waals surface area contributed by atoms with Crippen LogP contribution in [-0.2, 0) is 0 Å². The summed E-state index contributed by atoms with van der Waals surface area (Å²) in [5, 5.41) is 3.66. The maximum absolute atomic E-state index is 13.8. The zero-order chi connectivity index (χ0) is 23.6. The molecule has 0 radical (unpaired) electrons. The molecule has 4 rings (SSSR count). The lowest BCUT2D eigenvalue weighted by atomic mass is 10.1. The Hall–Kier alpha value is -2.74. The number of rotatable bonds is 11. The van der Waals surface area contributed by atoms with Gasteiger partial charge in [0.1, 0.15) is 35.1 Å². The van der Waals surface area contributed by atoms with Gasteiger partial charge in [0.05, 0.1) is 6.61 Å². The van der Waals surface area contributed by atoms with E-state index in [-0.39, 0.29) is 22.8 Å². The van der Waals surface area contributed by atoms with Crippen LogP contribution in [0.4, 0.5) is 0 Å². The summed E-state index contributed by atoms with van der Waals surface area (Å²) < 4.78 is 5.85. The minimum absolute atomic E-state index is 0. The molecule has 0 saturated heterocycles. The summed E-state index contributed by atoms with van der Waals surface area (Å²) in [6, 6.07) is 39.3. The highest BCUT2D eigenvalue weighted by atomic mass is 79.9. The Labute approximate surface area is 220 Å². The van der Waals surface area contributed by atoms with Crippen molar-refractivity contribution in [2.24, 2.45) is 0 Å². The highest BCUT2D eigenvalue weighted by Gasteiger charge is 2.47. The zero-order valence-corrected chi connectivity index (χ0v) is 22.6. The number of ether oxygens (including phenoxy) is 1. The van der Waals surface area contributed by atoms with Crippen molar-refractivity contribution in [3.63, 3.8) is 0 Å². The Balaban J connectivity index is 0.00000342. The fourth-order valence-corrected chi connectivity index (χ4v) is 8.45. The molecular weight excluding hydrogens is 515 g/mol. The lowest BCUT2D eigenvalue weighted by Crippen LogP contribution is -3.00. The Kier molecular flexibility index (Phi) is 10.3. The molecule has 35 heavy (non-hydrogen) atoms. The van der Waals surface area contributed by atoms with Gasteiger partial charge < -0.3 is 21.7 Å². The van der Waals surface area contributed by atoms with Crippen molar-refractivity contribution < 1.29 is 26.5 Å². The van der Waals surface area contributed by atoms with Crippen LogP contribution in [0, 0.1) is 0 Å². The molecule has 0 bridgehead atoms. The highest BCUT2D eigenvalue weighted by molar-refractivity contribution is 7.96. The maximum atomic E-state index is 13.8. The van der Waals surface area contributed by atoms with Gasteiger partial charge in [0, 0.05) is 5.56 Å². The maximum Gasteiger partial charge on any atom is 0.201 e. The van der Waals surface area contributed by atoms with Crippen LogP contribution in [0.2, 0.25) is 0 Å². The van der Waals surface area contributed by atoms with E-state index in [4.69, 9.17) is 4.74 Å². The molecular formula is C31H32BrO2P. The fourth-order valence-electron chi connectivity index (χ4n) is 4.35. The number of hydrogen-bond acceptors (Lipinski definition) is 2. The zero-order valence-electron chi connectivity index (χ0n) is 20.1. The van der Waals surface area contributed by atoms with Gasteiger partial charge in [-0.15, -0.1) is 0 Å². The van der Waals surface area contributed by atoms with Gasteiger partial charge >= 0.3 is 0 Å². The van der Waals surface area contributed by atoms with Crippen molar-refractivity contribution in [3.8, 4) is 5.75 Å². The Morgan fingerprint density at radius 3 is 1.54 bits per heavy atom. The minimum Gasteiger partial charge on any atom is -1.00 e. The van der Waals surface area contributed by atoms with Crippen LogP contribution in [0.25, 0.3) is 0 Å². The van der Waals surface area contributed by atoms with Crippen LogP contribution in [0.5, 0.6) is 5.75 Å². The molecule has 2 nitrogen and oxygen atoms in total. The van der Waals surface area contributed by atoms with E-state index in [0.717, 1.165) is 17.7 Å². The van der Waals surface area contributed by atoms with E-state index in [0.29, 0.717) is 12.8 Å². The summed E-state index contributed by atoms with van der Waals surface area (Å²) in [5.41, 5.74) is 0.730. The Morgan fingerprint density at radius 1 is 0.657 bits per heavy atom. The lowest BCUT2D eigenvalue weighted by Gasteiger charge is -2.27. The molecule has 0 atom stereocenters. The second-order valence-electron chi connectivity index (χ2n) is 8.48. The van der Waals surface area contributed by atoms with Crippen molar-refractivity contribution in [2.75, 3.05) is 12.8 Å². The summed E-state index contributed by atoms with van der Waals surface area (Å²) >= 11 is 0. The standard InChI is InChI=1S/C31H32O2P.BrH/c1-2-3-13-24-33-27-22-20-26(21-23-27)31(32)25-34(28-14-7-4-8-15-28,29-16-9-5-10-17-29)30-18-11-6-12-19-30;/h4-12,14-23H,2-3,13,24-25H2,1H3;1H/q+1;/p-1. The second-order valence-corrected chi connectivity index (χ2v) is 12.0. The topological polar surface area (TPSA) is 26.3 Å².